The van der Waals surface area contributed by atoms with Gasteiger partial charge >= 0.3 is 5.97 Å². The first-order valence-corrected chi connectivity index (χ1v) is 8.58. The minimum atomic E-state index is -1.29. The molecule has 0 spiro atoms. The standard InChI is InChI=1S/C17H32O7/c1-10(8-6-7-9-12(18)24-17(3,4)5)22-16-15(21)14(20)13(19)11(2)23-16/h10-11,13-16,19-21H,6-9H2,1-5H3/t10?,11-,13-,14?,15+,16-/m1/s1. The first-order chi connectivity index (χ1) is 11.0. The Morgan fingerprint density at radius 2 is 1.75 bits per heavy atom. The molecular formula is C17H32O7. The molecule has 0 amide bonds. The van der Waals surface area contributed by atoms with E-state index in [-0.39, 0.29) is 12.1 Å². The summed E-state index contributed by atoms with van der Waals surface area (Å²) in [6, 6.07) is 0. The first-order valence-electron chi connectivity index (χ1n) is 8.58. The van der Waals surface area contributed by atoms with Gasteiger partial charge in [-0.05, 0) is 47.5 Å². The molecule has 2 unspecified atom stereocenters. The van der Waals surface area contributed by atoms with E-state index in [1.165, 1.54) is 0 Å². The molecule has 3 N–H and O–H groups in total. The highest BCUT2D eigenvalue weighted by Crippen LogP contribution is 2.23. The normalized spacial score (nSPS) is 32.4. The largest absolute Gasteiger partial charge is 0.460 e. The SMILES string of the molecule is CC(CCCCC(=O)OC(C)(C)C)O[C@@H]1O[C@H](C)[C@@H](O)C(O)[C@@H]1O. The Morgan fingerprint density at radius 3 is 2.33 bits per heavy atom. The third kappa shape index (κ3) is 7.03. The first kappa shape index (κ1) is 21.3. The van der Waals surface area contributed by atoms with Gasteiger partial charge in [0.15, 0.2) is 6.29 Å². The van der Waals surface area contributed by atoms with Crippen molar-refractivity contribution in [2.24, 2.45) is 0 Å². The summed E-state index contributed by atoms with van der Waals surface area (Å²) in [6.45, 7) is 8.96. The van der Waals surface area contributed by atoms with E-state index in [9.17, 15) is 20.1 Å². The van der Waals surface area contributed by atoms with Gasteiger partial charge < -0.3 is 29.5 Å². The number of carbonyl (C=O) groups excluding carboxylic acids is 1. The number of esters is 1. The van der Waals surface area contributed by atoms with Crippen LogP contribution in [0, 0.1) is 0 Å². The van der Waals surface area contributed by atoms with Gasteiger partial charge in [0.1, 0.15) is 23.9 Å². The molecule has 1 fully saturated rings. The lowest BCUT2D eigenvalue weighted by atomic mass is 10.00. The minimum absolute atomic E-state index is 0.210. The maximum atomic E-state index is 11.6. The summed E-state index contributed by atoms with van der Waals surface area (Å²) in [5, 5.41) is 29.3. The molecule has 24 heavy (non-hydrogen) atoms. The average molecular weight is 348 g/mol. The third-order valence-electron chi connectivity index (χ3n) is 3.84. The highest BCUT2D eigenvalue weighted by molar-refractivity contribution is 5.69. The number of hydrogen-bond acceptors (Lipinski definition) is 7. The van der Waals surface area contributed by atoms with Crippen molar-refractivity contribution in [3.8, 4) is 0 Å². The molecule has 0 aromatic rings. The lowest BCUT2D eigenvalue weighted by molar-refractivity contribution is -0.303. The van der Waals surface area contributed by atoms with E-state index < -0.39 is 36.3 Å². The molecule has 1 rings (SSSR count). The molecular weight excluding hydrogens is 316 g/mol. The summed E-state index contributed by atoms with van der Waals surface area (Å²) in [5.41, 5.74) is -0.468. The zero-order valence-corrected chi connectivity index (χ0v) is 15.3. The maximum absolute atomic E-state index is 11.6. The highest BCUT2D eigenvalue weighted by Gasteiger charge is 2.42. The van der Waals surface area contributed by atoms with Gasteiger partial charge in [0.2, 0.25) is 0 Å². The van der Waals surface area contributed by atoms with Crippen LogP contribution in [0.2, 0.25) is 0 Å². The van der Waals surface area contributed by atoms with E-state index in [0.29, 0.717) is 19.3 Å². The zero-order valence-electron chi connectivity index (χ0n) is 15.3. The third-order valence-corrected chi connectivity index (χ3v) is 3.84. The van der Waals surface area contributed by atoms with E-state index in [0.717, 1.165) is 6.42 Å². The minimum Gasteiger partial charge on any atom is -0.460 e. The van der Waals surface area contributed by atoms with Crippen LogP contribution in [0.15, 0.2) is 0 Å². The highest BCUT2D eigenvalue weighted by atomic mass is 16.7. The van der Waals surface area contributed by atoms with Crippen molar-refractivity contribution in [3.05, 3.63) is 0 Å². The van der Waals surface area contributed by atoms with Crippen LogP contribution >= 0.6 is 0 Å². The molecule has 1 aliphatic rings. The summed E-state index contributed by atoms with van der Waals surface area (Å²) >= 11 is 0. The lowest BCUT2D eigenvalue weighted by Gasteiger charge is -2.39. The van der Waals surface area contributed by atoms with Gasteiger partial charge in [0.05, 0.1) is 12.2 Å². The number of carbonyl (C=O) groups is 1. The van der Waals surface area contributed by atoms with Crippen molar-refractivity contribution in [2.45, 2.75) is 103 Å². The number of unbranched alkanes of at least 4 members (excludes halogenated alkanes) is 1. The second-order valence-corrected chi connectivity index (χ2v) is 7.46. The Labute approximate surface area is 143 Å². The quantitative estimate of drug-likeness (QED) is 0.468. The van der Waals surface area contributed by atoms with Gasteiger partial charge in [-0.2, -0.15) is 0 Å². The summed E-state index contributed by atoms with van der Waals surface area (Å²) in [6.07, 6.45) is -3.03. The maximum Gasteiger partial charge on any atom is 0.306 e. The molecule has 6 atom stereocenters. The molecule has 7 heteroatoms. The molecule has 0 aromatic heterocycles. The van der Waals surface area contributed by atoms with Crippen LogP contribution in [0.3, 0.4) is 0 Å². The van der Waals surface area contributed by atoms with Gasteiger partial charge in [-0.15, -0.1) is 0 Å². The number of aliphatic hydroxyl groups excluding tert-OH is 3. The summed E-state index contributed by atoms with van der Waals surface area (Å²) in [5.74, 6) is -0.215. The summed E-state index contributed by atoms with van der Waals surface area (Å²) in [4.78, 5) is 11.6. The number of aliphatic hydroxyl groups is 3. The molecule has 0 aliphatic carbocycles. The van der Waals surface area contributed by atoms with Gasteiger partial charge in [-0.1, -0.05) is 6.42 Å². The molecule has 0 saturated carbocycles. The number of hydrogen-bond donors (Lipinski definition) is 3. The van der Waals surface area contributed by atoms with Crippen molar-refractivity contribution in [1.82, 2.24) is 0 Å². The van der Waals surface area contributed by atoms with Crippen molar-refractivity contribution >= 4 is 5.97 Å². The zero-order chi connectivity index (χ0) is 18.5. The molecule has 7 nitrogen and oxygen atoms in total. The van der Waals surface area contributed by atoms with E-state index in [1.54, 1.807) is 6.92 Å². The van der Waals surface area contributed by atoms with Crippen LogP contribution in [-0.2, 0) is 19.0 Å². The lowest BCUT2D eigenvalue weighted by Crippen LogP contribution is -2.57. The van der Waals surface area contributed by atoms with Gasteiger partial charge in [-0.3, -0.25) is 4.79 Å². The summed E-state index contributed by atoms with van der Waals surface area (Å²) < 4.78 is 16.3. The van der Waals surface area contributed by atoms with Crippen LogP contribution in [0.25, 0.3) is 0 Å². The average Bonchev–Trinajstić information content (AvgIpc) is 2.45. The van der Waals surface area contributed by atoms with Crippen molar-refractivity contribution in [3.63, 3.8) is 0 Å². The van der Waals surface area contributed by atoms with E-state index >= 15 is 0 Å². The molecule has 0 radical (unpaired) electrons. The van der Waals surface area contributed by atoms with Crippen LogP contribution < -0.4 is 0 Å². The second kappa shape index (κ2) is 9.10. The smallest absolute Gasteiger partial charge is 0.306 e. The molecule has 0 bridgehead atoms. The Bertz CT molecular complexity index is 393. The van der Waals surface area contributed by atoms with Crippen LogP contribution in [0.1, 0.15) is 60.3 Å². The van der Waals surface area contributed by atoms with Crippen LogP contribution in [-0.4, -0.2) is 63.7 Å². The van der Waals surface area contributed by atoms with E-state index in [2.05, 4.69) is 0 Å². The monoisotopic (exact) mass is 348 g/mol. The fourth-order valence-electron chi connectivity index (χ4n) is 2.52. The molecule has 1 heterocycles. The predicted octanol–water partition coefficient (Wildman–Crippen LogP) is 1.12. The van der Waals surface area contributed by atoms with Gasteiger partial charge in [-0.25, -0.2) is 0 Å². The van der Waals surface area contributed by atoms with Crippen LogP contribution in [0.4, 0.5) is 0 Å². The van der Waals surface area contributed by atoms with Crippen molar-refractivity contribution in [1.29, 1.82) is 0 Å². The van der Waals surface area contributed by atoms with Crippen molar-refractivity contribution < 1.29 is 34.3 Å². The fraction of sp³-hybridized carbons (Fsp3) is 0.941. The Morgan fingerprint density at radius 1 is 1.12 bits per heavy atom. The van der Waals surface area contributed by atoms with Crippen molar-refractivity contribution in [2.75, 3.05) is 0 Å². The Hall–Kier alpha value is -0.730. The van der Waals surface area contributed by atoms with Crippen LogP contribution in [0.5, 0.6) is 0 Å². The second-order valence-electron chi connectivity index (χ2n) is 7.46. The number of rotatable bonds is 7. The van der Waals surface area contributed by atoms with Gasteiger partial charge in [0.25, 0.3) is 0 Å². The molecule has 1 aliphatic heterocycles. The molecule has 142 valence electrons. The Kier molecular flexibility index (Phi) is 8.08. The number of ether oxygens (including phenoxy) is 3. The Balaban J connectivity index is 2.27. The van der Waals surface area contributed by atoms with E-state index in [4.69, 9.17) is 14.2 Å². The predicted molar refractivity (Wildman–Crippen MR) is 87.2 cm³/mol. The fourth-order valence-corrected chi connectivity index (χ4v) is 2.52. The van der Waals surface area contributed by atoms with Gasteiger partial charge in [0, 0.05) is 6.42 Å². The molecule has 1 saturated heterocycles. The topological polar surface area (TPSA) is 105 Å². The van der Waals surface area contributed by atoms with E-state index in [1.807, 2.05) is 27.7 Å². The molecule has 0 aromatic carbocycles. The summed E-state index contributed by atoms with van der Waals surface area (Å²) in [7, 11) is 0.